The molecule has 0 radical (unpaired) electrons. The Bertz CT molecular complexity index is 774. The number of piperazine rings is 1. The number of hydrogen-bond donors (Lipinski definition) is 1. The Morgan fingerprint density at radius 1 is 1.20 bits per heavy atom. The van der Waals surface area contributed by atoms with Crippen LogP contribution in [-0.2, 0) is 16.0 Å². The Kier molecular flexibility index (Phi) is 5.12. The molecule has 0 saturated carbocycles. The third-order valence-corrected chi connectivity index (χ3v) is 4.59. The van der Waals surface area contributed by atoms with Crippen molar-refractivity contribution < 1.29 is 14.0 Å². The van der Waals surface area contributed by atoms with Gasteiger partial charge in [-0.15, -0.1) is 0 Å². The van der Waals surface area contributed by atoms with Crippen molar-refractivity contribution in [1.82, 2.24) is 10.2 Å². The summed E-state index contributed by atoms with van der Waals surface area (Å²) in [6.45, 7) is 2.92. The van der Waals surface area contributed by atoms with Crippen LogP contribution in [-0.4, -0.2) is 29.8 Å². The van der Waals surface area contributed by atoms with E-state index in [2.05, 4.69) is 5.32 Å². The highest BCUT2D eigenvalue weighted by atomic mass is 19.1. The predicted octanol–water partition coefficient (Wildman–Crippen LogP) is 2.77. The van der Waals surface area contributed by atoms with Crippen molar-refractivity contribution in [2.24, 2.45) is 0 Å². The van der Waals surface area contributed by atoms with Crippen LogP contribution in [0.5, 0.6) is 0 Å². The molecule has 1 N–H and O–H groups in total. The van der Waals surface area contributed by atoms with E-state index in [1.807, 2.05) is 31.2 Å². The molecule has 2 amide bonds. The Balaban J connectivity index is 1.75. The van der Waals surface area contributed by atoms with Crippen LogP contribution < -0.4 is 5.32 Å². The second-order valence-corrected chi connectivity index (χ2v) is 6.26. The zero-order valence-electron chi connectivity index (χ0n) is 14.2. The average Bonchev–Trinajstić information content (AvgIpc) is 2.61. The van der Waals surface area contributed by atoms with E-state index >= 15 is 0 Å². The molecule has 1 atom stereocenters. The molecule has 2 aromatic rings. The summed E-state index contributed by atoms with van der Waals surface area (Å²) in [6.07, 6.45) is 0.982. The molecule has 25 heavy (non-hydrogen) atoms. The van der Waals surface area contributed by atoms with Crippen molar-refractivity contribution in [1.29, 1.82) is 0 Å². The van der Waals surface area contributed by atoms with Gasteiger partial charge in [-0.25, -0.2) is 4.39 Å². The highest BCUT2D eigenvalue weighted by Gasteiger charge is 2.33. The lowest BCUT2D eigenvalue weighted by Gasteiger charge is -2.35. The quantitative estimate of drug-likeness (QED) is 0.930. The van der Waals surface area contributed by atoms with Gasteiger partial charge < -0.3 is 10.2 Å². The number of amides is 2. The van der Waals surface area contributed by atoms with E-state index in [0.29, 0.717) is 31.5 Å². The van der Waals surface area contributed by atoms with Gasteiger partial charge in [0.15, 0.2) is 0 Å². The lowest BCUT2D eigenvalue weighted by Crippen LogP contribution is -2.52. The van der Waals surface area contributed by atoms with Crippen molar-refractivity contribution in [3.05, 3.63) is 71.0 Å². The van der Waals surface area contributed by atoms with E-state index in [-0.39, 0.29) is 17.6 Å². The first-order valence-corrected chi connectivity index (χ1v) is 8.43. The second kappa shape index (κ2) is 7.47. The molecule has 4 nitrogen and oxygen atoms in total. The zero-order chi connectivity index (χ0) is 17.8. The first kappa shape index (κ1) is 17.1. The van der Waals surface area contributed by atoms with E-state index in [9.17, 15) is 14.0 Å². The molecule has 0 aliphatic carbocycles. The topological polar surface area (TPSA) is 49.4 Å². The third-order valence-electron chi connectivity index (χ3n) is 4.59. The molecule has 5 heteroatoms. The lowest BCUT2D eigenvalue weighted by atomic mass is 10.00. The van der Waals surface area contributed by atoms with E-state index in [1.54, 1.807) is 17.0 Å². The SMILES string of the molecule is Cc1ccccc1CCC(=O)N1CCNC(=O)C1c1ccc(F)cc1. The van der Waals surface area contributed by atoms with Crippen LogP contribution in [0.4, 0.5) is 4.39 Å². The highest BCUT2D eigenvalue weighted by Crippen LogP contribution is 2.25. The minimum Gasteiger partial charge on any atom is -0.352 e. The minimum atomic E-state index is -0.696. The summed E-state index contributed by atoms with van der Waals surface area (Å²) < 4.78 is 13.2. The summed E-state index contributed by atoms with van der Waals surface area (Å²) in [5, 5.41) is 2.79. The first-order chi connectivity index (χ1) is 12.1. The maximum Gasteiger partial charge on any atom is 0.247 e. The van der Waals surface area contributed by atoms with Crippen molar-refractivity contribution in [3.63, 3.8) is 0 Å². The van der Waals surface area contributed by atoms with Crippen molar-refractivity contribution in [3.8, 4) is 0 Å². The largest absolute Gasteiger partial charge is 0.352 e. The van der Waals surface area contributed by atoms with E-state index in [1.165, 1.54) is 12.1 Å². The maximum atomic E-state index is 13.2. The summed E-state index contributed by atoms with van der Waals surface area (Å²) in [4.78, 5) is 26.7. The van der Waals surface area contributed by atoms with Gasteiger partial charge in [-0.1, -0.05) is 36.4 Å². The van der Waals surface area contributed by atoms with Gasteiger partial charge in [0.25, 0.3) is 0 Å². The van der Waals surface area contributed by atoms with Crippen LogP contribution in [0.15, 0.2) is 48.5 Å². The molecule has 0 bridgehead atoms. The van der Waals surface area contributed by atoms with Crippen molar-refractivity contribution in [2.75, 3.05) is 13.1 Å². The van der Waals surface area contributed by atoms with Gasteiger partial charge in [0.1, 0.15) is 11.9 Å². The fraction of sp³-hybridized carbons (Fsp3) is 0.300. The number of carbonyl (C=O) groups excluding carboxylic acids is 2. The van der Waals surface area contributed by atoms with Gasteiger partial charge in [0.2, 0.25) is 11.8 Å². The molecule has 2 aromatic carbocycles. The van der Waals surface area contributed by atoms with Crippen LogP contribution in [0.25, 0.3) is 0 Å². The highest BCUT2D eigenvalue weighted by molar-refractivity contribution is 5.89. The molecule has 1 heterocycles. The minimum absolute atomic E-state index is 0.0626. The van der Waals surface area contributed by atoms with Crippen LogP contribution in [0, 0.1) is 12.7 Å². The monoisotopic (exact) mass is 340 g/mol. The van der Waals surface area contributed by atoms with Crippen molar-refractivity contribution >= 4 is 11.8 Å². The van der Waals surface area contributed by atoms with Gasteiger partial charge in [0.05, 0.1) is 0 Å². The molecule has 130 valence electrons. The van der Waals surface area contributed by atoms with Gasteiger partial charge in [-0.3, -0.25) is 9.59 Å². The summed E-state index contributed by atoms with van der Waals surface area (Å²) in [6, 6.07) is 13.0. The second-order valence-electron chi connectivity index (χ2n) is 6.26. The first-order valence-electron chi connectivity index (χ1n) is 8.43. The fourth-order valence-corrected chi connectivity index (χ4v) is 3.19. The number of nitrogens with zero attached hydrogens (tertiary/aromatic N) is 1. The normalized spacial score (nSPS) is 17.3. The molecule has 1 saturated heterocycles. The van der Waals surface area contributed by atoms with Crippen molar-refractivity contribution in [2.45, 2.75) is 25.8 Å². The average molecular weight is 340 g/mol. The zero-order valence-corrected chi connectivity index (χ0v) is 14.2. The predicted molar refractivity (Wildman–Crippen MR) is 93.4 cm³/mol. The fourth-order valence-electron chi connectivity index (χ4n) is 3.19. The van der Waals surface area contributed by atoms with Crippen LogP contribution in [0.1, 0.15) is 29.2 Å². The number of aryl methyl sites for hydroxylation is 2. The van der Waals surface area contributed by atoms with Gasteiger partial charge in [-0.05, 0) is 42.2 Å². The van der Waals surface area contributed by atoms with Gasteiger partial charge >= 0.3 is 0 Å². The Hall–Kier alpha value is -2.69. The molecule has 0 aromatic heterocycles. The Labute approximate surface area is 146 Å². The van der Waals surface area contributed by atoms with Gasteiger partial charge in [0, 0.05) is 19.5 Å². The number of benzene rings is 2. The smallest absolute Gasteiger partial charge is 0.247 e. The number of hydrogen-bond acceptors (Lipinski definition) is 2. The number of nitrogens with one attached hydrogen (secondary N) is 1. The third kappa shape index (κ3) is 3.87. The van der Waals surface area contributed by atoms with Crippen LogP contribution >= 0.6 is 0 Å². The number of rotatable bonds is 4. The molecular weight excluding hydrogens is 319 g/mol. The summed E-state index contributed by atoms with van der Waals surface area (Å²) in [5.74, 6) is -0.646. The van der Waals surface area contributed by atoms with E-state index in [4.69, 9.17) is 0 Å². The van der Waals surface area contributed by atoms with E-state index in [0.717, 1.165) is 11.1 Å². The summed E-state index contributed by atoms with van der Waals surface area (Å²) in [7, 11) is 0. The molecular formula is C20H21FN2O2. The standard InChI is InChI=1S/C20H21FN2O2/c1-14-4-2-3-5-15(14)8-11-18(24)23-13-12-22-20(25)19(23)16-6-9-17(21)10-7-16/h2-7,9-10,19H,8,11-13H2,1H3,(H,22,25). The van der Waals surface area contributed by atoms with Gasteiger partial charge in [-0.2, -0.15) is 0 Å². The molecule has 1 fully saturated rings. The molecule has 1 aliphatic rings. The molecule has 0 spiro atoms. The maximum absolute atomic E-state index is 13.2. The number of carbonyl (C=O) groups is 2. The molecule has 1 unspecified atom stereocenters. The van der Waals surface area contributed by atoms with Crippen LogP contribution in [0.2, 0.25) is 0 Å². The Morgan fingerprint density at radius 2 is 1.92 bits per heavy atom. The van der Waals surface area contributed by atoms with Crippen LogP contribution in [0.3, 0.4) is 0 Å². The molecule has 1 aliphatic heterocycles. The summed E-state index contributed by atoms with van der Waals surface area (Å²) >= 11 is 0. The summed E-state index contributed by atoms with van der Waals surface area (Å²) in [5.41, 5.74) is 2.92. The lowest BCUT2D eigenvalue weighted by molar-refractivity contribution is -0.143. The Morgan fingerprint density at radius 3 is 2.64 bits per heavy atom. The molecule has 3 rings (SSSR count). The van der Waals surface area contributed by atoms with E-state index < -0.39 is 6.04 Å². The number of halogens is 1.